The van der Waals surface area contributed by atoms with E-state index in [1.807, 2.05) is 0 Å². The van der Waals surface area contributed by atoms with Crippen LogP contribution >= 0.6 is 0 Å². The van der Waals surface area contributed by atoms with Crippen molar-refractivity contribution >= 4 is 5.97 Å². The fourth-order valence-electron chi connectivity index (χ4n) is 1.32. The Hall–Kier alpha value is -0.830. The highest BCUT2D eigenvalue weighted by Crippen LogP contribution is 2.01. The van der Waals surface area contributed by atoms with Gasteiger partial charge in [0.15, 0.2) is 0 Å². The van der Waals surface area contributed by atoms with Crippen molar-refractivity contribution < 1.29 is 9.90 Å². The van der Waals surface area contributed by atoms with E-state index < -0.39 is 5.97 Å². The van der Waals surface area contributed by atoms with Gasteiger partial charge in [0.05, 0.1) is 0 Å². The lowest BCUT2D eigenvalue weighted by molar-refractivity contribution is -0.132. The molecular formula is C12H23NO2. The van der Waals surface area contributed by atoms with Crippen LogP contribution in [0, 0.1) is 0 Å². The Labute approximate surface area is 92.6 Å². The summed E-state index contributed by atoms with van der Waals surface area (Å²) >= 11 is 0. The first-order valence-corrected chi connectivity index (χ1v) is 5.80. The van der Waals surface area contributed by atoms with Crippen molar-refractivity contribution in [1.82, 2.24) is 5.32 Å². The third-order valence-electron chi connectivity index (χ3n) is 2.36. The van der Waals surface area contributed by atoms with E-state index in [1.165, 1.54) is 32.1 Å². The summed E-state index contributed by atoms with van der Waals surface area (Å²) < 4.78 is 0. The Morgan fingerprint density at radius 1 is 1.20 bits per heavy atom. The zero-order chi connectivity index (χ0) is 11.5. The number of carbonyl (C=O) groups is 1. The van der Waals surface area contributed by atoms with E-state index in [0.717, 1.165) is 13.1 Å². The van der Waals surface area contributed by atoms with Gasteiger partial charge in [-0.3, -0.25) is 0 Å². The van der Waals surface area contributed by atoms with Gasteiger partial charge in [-0.1, -0.05) is 39.2 Å². The molecule has 0 rings (SSSR count). The van der Waals surface area contributed by atoms with E-state index in [0.29, 0.717) is 6.42 Å². The van der Waals surface area contributed by atoms with Crippen LogP contribution in [0.2, 0.25) is 0 Å². The second-order valence-corrected chi connectivity index (χ2v) is 3.82. The molecule has 0 aromatic rings. The molecule has 0 radical (unpaired) electrons. The predicted molar refractivity (Wildman–Crippen MR) is 63.0 cm³/mol. The number of carboxylic acids is 1. The van der Waals surface area contributed by atoms with E-state index in [1.54, 1.807) is 0 Å². The first-order chi connectivity index (χ1) is 7.18. The van der Waals surface area contributed by atoms with Gasteiger partial charge in [0.25, 0.3) is 0 Å². The summed E-state index contributed by atoms with van der Waals surface area (Å²) in [6.07, 6.45) is 6.87. The van der Waals surface area contributed by atoms with Crippen LogP contribution in [-0.2, 0) is 4.79 Å². The molecule has 0 fully saturated rings. The highest BCUT2D eigenvalue weighted by atomic mass is 16.4. The molecule has 2 N–H and O–H groups in total. The second kappa shape index (κ2) is 9.71. The average Bonchev–Trinajstić information content (AvgIpc) is 2.21. The highest BCUT2D eigenvalue weighted by molar-refractivity contribution is 5.85. The number of nitrogens with one attached hydrogen (secondary N) is 1. The van der Waals surface area contributed by atoms with Crippen molar-refractivity contribution in [2.75, 3.05) is 13.1 Å². The van der Waals surface area contributed by atoms with Crippen LogP contribution in [0.1, 0.15) is 45.4 Å². The molecule has 0 bridgehead atoms. The topological polar surface area (TPSA) is 49.3 Å². The van der Waals surface area contributed by atoms with E-state index >= 15 is 0 Å². The van der Waals surface area contributed by atoms with Crippen LogP contribution in [0.15, 0.2) is 12.2 Å². The Bertz CT molecular complexity index is 190. The monoisotopic (exact) mass is 213 g/mol. The van der Waals surface area contributed by atoms with Gasteiger partial charge in [-0.05, 0) is 25.9 Å². The maximum absolute atomic E-state index is 10.4. The lowest BCUT2D eigenvalue weighted by atomic mass is 10.1. The molecule has 0 aliphatic carbocycles. The summed E-state index contributed by atoms with van der Waals surface area (Å²) in [6.45, 7) is 7.38. The Kier molecular flexibility index (Phi) is 9.18. The Balaban J connectivity index is 3.11. The first-order valence-electron chi connectivity index (χ1n) is 5.80. The van der Waals surface area contributed by atoms with Gasteiger partial charge in [0.2, 0.25) is 0 Å². The molecular weight excluding hydrogens is 190 g/mol. The normalized spacial score (nSPS) is 10.2. The van der Waals surface area contributed by atoms with Gasteiger partial charge in [-0.2, -0.15) is 0 Å². The summed E-state index contributed by atoms with van der Waals surface area (Å²) in [5.41, 5.74) is 0.286. The minimum atomic E-state index is -0.889. The largest absolute Gasteiger partial charge is 0.478 e. The maximum Gasteiger partial charge on any atom is 0.330 e. The van der Waals surface area contributed by atoms with Crippen LogP contribution in [0.25, 0.3) is 0 Å². The van der Waals surface area contributed by atoms with Gasteiger partial charge < -0.3 is 10.4 Å². The molecule has 88 valence electrons. The van der Waals surface area contributed by atoms with Gasteiger partial charge >= 0.3 is 5.97 Å². The van der Waals surface area contributed by atoms with E-state index in [9.17, 15) is 4.79 Å². The molecule has 15 heavy (non-hydrogen) atoms. The maximum atomic E-state index is 10.4. The molecule has 0 saturated heterocycles. The number of hydrogen-bond donors (Lipinski definition) is 2. The molecule has 3 heteroatoms. The molecule has 0 spiro atoms. The van der Waals surface area contributed by atoms with Crippen molar-refractivity contribution in [3.63, 3.8) is 0 Å². The fourth-order valence-corrected chi connectivity index (χ4v) is 1.32. The summed E-state index contributed by atoms with van der Waals surface area (Å²) in [7, 11) is 0. The van der Waals surface area contributed by atoms with Crippen molar-refractivity contribution in [3.8, 4) is 0 Å². The fraction of sp³-hybridized carbons (Fsp3) is 0.750. The second-order valence-electron chi connectivity index (χ2n) is 3.82. The van der Waals surface area contributed by atoms with E-state index in [-0.39, 0.29) is 5.57 Å². The van der Waals surface area contributed by atoms with Gasteiger partial charge in [-0.15, -0.1) is 0 Å². The molecule has 0 aromatic heterocycles. The van der Waals surface area contributed by atoms with Crippen molar-refractivity contribution in [2.24, 2.45) is 0 Å². The summed E-state index contributed by atoms with van der Waals surface area (Å²) in [5, 5.41) is 11.8. The number of unbranched alkanes of at least 4 members (excludes halogenated alkanes) is 4. The smallest absolute Gasteiger partial charge is 0.330 e. The van der Waals surface area contributed by atoms with Crippen molar-refractivity contribution in [2.45, 2.75) is 45.4 Å². The minimum absolute atomic E-state index is 0.286. The molecule has 3 nitrogen and oxygen atoms in total. The third-order valence-corrected chi connectivity index (χ3v) is 2.36. The quantitative estimate of drug-likeness (QED) is 0.433. The van der Waals surface area contributed by atoms with Gasteiger partial charge in [0.1, 0.15) is 0 Å². The van der Waals surface area contributed by atoms with Gasteiger partial charge in [0, 0.05) is 5.57 Å². The predicted octanol–water partition coefficient (Wildman–Crippen LogP) is 2.58. The molecule has 0 amide bonds. The van der Waals surface area contributed by atoms with Crippen LogP contribution < -0.4 is 5.32 Å². The molecule has 0 unspecified atom stereocenters. The number of aliphatic carboxylic acids is 1. The SMILES string of the molecule is C=C(CCNCCCCCCC)C(=O)O. The first kappa shape index (κ1) is 14.2. The summed E-state index contributed by atoms with van der Waals surface area (Å²) in [5.74, 6) is -0.889. The summed E-state index contributed by atoms with van der Waals surface area (Å²) in [4.78, 5) is 10.4. The standard InChI is InChI=1S/C12H23NO2/c1-3-4-5-6-7-9-13-10-8-11(2)12(14)15/h13H,2-10H2,1H3,(H,14,15). The molecule has 0 saturated carbocycles. The Morgan fingerprint density at radius 3 is 2.47 bits per heavy atom. The number of carboxylic acid groups (broad SMARTS) is 1. The molecule has 0 aliphatic rings. The zero-order valence-corrected chi connectivity index (χ0v) is 9.72. The van der Waals surface area contributed by atoms with Crippen LogP contribution in [0.5, 0.6) is 0 Å². The molecule has 0 aliphatic heterocycles. The third kappa shape index (κ3) is 9.47. The minimum Gasteiger partial charge on any atom is -0.478 e. The lowest BCUT2D eigenvalue weighted by Gasteiger charge is -2.04. The van der Waals surface area contributed by atoms with Crippen molar-refractivity contribution in [1.29, 1.82) is 0 Å². The zero-order valence-electron chi connectivity index (χ0n) is 9.72. The van der Waals surface area contributed by atoms with Gasteiger partial charge in [-0.25, -0.2) is 4.79 Å². The molecule has 0 atom stereocenters. The van der Waals surface area contributed by atoms with Crippen LogP contribution in [-0.4, -0.2) is 24.2 Å². The number of hydrogen-bond acceptors (Lipinski definition) is 2. The van der Waals surface area contributed by atoms with Crippen molar-refractivity contribution in [3.05, 3.63) is 12.2 Å². The highest BCUT2D eigenvalue weighted by Gasteiger charge is 2.01. The number of rotatable bonds is 10. The van der Waals surface area contributed by atoms with Crippen LogP contribution in [0.4, 0.5) is 0 Å². The molecule has 0 heterocycles. The average molecular weight is 213 g/mol. The molecule has 0 aromatic carbocycles. The van der Waals surface area contributed by atoms with Crippen LogP contribution in [0.3, 0.4) is 0 Å². The van der Waals surface area contributed by atoms with E-state index in [4.69, 9.17) is 5.11 Å². The lowest BCUT2D eigenvalue weighted by Crippen LogP contribution is -2.18. The summed E-state index contributed by atoms with van der Waals surface area (Å²) in [6, 6.07) is 0. The Morgan fingerprint density at radius 2 is 1.87 bits per heavy atom. The van der Waals surface area contributed by atoms with E-state index in [2.05, 4.69) is 18.8 Å².